The zero-order valence-electron chi connectivity index (χ0n) is 10.0. The van der Waals surface area contributed by atoms with Crippen LogP contribution in [-0.4, -0.2) is 32.9 Å². The Labute approximate surface area is 99.7 Å². The van der Waals surface area contributed by atoms with Crippen LogP contribution in [0.3, 0.4) is 0 Å². The quantitative estimate of drug-likeness (QED) is 0.745. The van der Waals surface area contributed by atoms with Crippen molar-refractivity contribution >= 4 is 0 Å². The van der Waals surface area contributed by atoms with Crippen LogP contribution in [0.15, 0.2) is 18.2 Å². The van der Waals surface area contributed by atoms with E-state index in [1.54, 1.807) is 7.11 Å². The second kappa shape index (κ2) is 7.19. The molecule has 5 heteroatoms. The molecule has 0 heterocycles. The molecule has 0 fully saturated rings. The summed E-state index contributed by atoms with van der Waals surface area (Å²) >= 11 is 0. The Morgan fingerprint density at radius 1 is 1.35 bits per heavy atom. The second-order valence-corrected chi connectivity index (χ2v) is 3.71. The maximum absolute atomic E-state index is 13.2. The third kappa shape index (κ3) is 4.66. The number of nitrogens with one attached hydrogen (secondary N) is 1. The highest BCUT2D eigenvalue weighted by molar-refractivity contribution is 5.24. The van der Waals surface area contributed by atoms with Gasteiger partial charge in [-0.25, -0.2) is 4.39 Å². The second-order valence-electron chi connectivity index (χ2n) is 3.71. The normalized spacial score (nSPS) is 12.5. The number of benzene rings is 1. The zero-order chi connectivity index (χ0) is 12.7. The van der Waals surface area contributed by atoms with Gasteiger partial charge in [-0.3, -0.25) is 0 Å². The number of hydrogen-bond acceptors (Lipinski definition) is 3. The summed E-state index contributed by atoms with van der Waals surface area (Å²) in [4.78, 5) is 0. The summed E-state index contributed by atoms with van der Waals surface area (Å²) in [6.07, 6.45) is 0. The molecule has 0 aliphatic heterocycles. The summed E-state index contributed by atoms with van der Waals surface area (Å²) in [5, 5.41) is 3.12. The van der Waals surface area contributed by atoms with Crippen LogP contribution in [0.2, 0.25) is 0 Å². The molecule has 0 aliphatic rings. The summed E-state index contributed by atoms with van der Waals surface area (Å²) in [6.45, 7) is 3.37. The lowest BCUT2D eigenvalue weighted by Gasteiger charge is -2.13. The fraction of sp³-hybridized carbons (Fsp3) is 0.500. The molecule has 1 aromatic carbocycles. The molecule has 0 amide bonds. The molecule has 0 radical (unpaired) electrons. The first-order valence-corrected chi connectivity index (χ1v) is 5.44. The maximum Gasteiger partial charge on any atom is 0.200 e. The van der Waals surface area contributed by atoms with Crippen LogP contribution in [0.5, 0.6) is 5.75 Å². The first kappa shape index (κ1) is 13.9. The van der Waals surface area contributed by atoms with Gasteiger partial charge in [-0.05, 0) is 19.1 Å². The predicted octanol–water partition coefficient (Wildman–Crippen LogP) is 1.97. The number of halogens is 2. The van der Waals surface area contributed by atoms with Crippen molar-refractivity contribution in [1.82, 2.24) is 5.32 Å². The van der Waals surface area contributed by atoms with Gasteiger partial charge < -0.3 is 14.8 Å². The van der Waals surface area contributed by atoms with Crippen LogP contribution >= 0.6 is 0 Å². The van der Waals surface area contributed by atoms with Crippen LogP contribution in [0.25, 0.3) is 0 Å². The maximum atomic E-state index is 13.2. The fourth-order valence-electron chi connectivity index (χ4n) is 1.37. The van der Waals surface area contributed by atoms with Gasteiger partial charge >= 0.3 is 0 Å². The molecule has 1 atom stereocenters. The summed E-state index contributed by atoms with van der Waals surface area (Å²) in [5.41, 5.74) is 0. The van der Waals surface area contributed by atoms with Gasteiger partial charge in [0.15, 0.2) is 11.6 Å². The van der Waals surface area contributed by atoms with Gasteiger partial charge in [0.2, 0.25) is 5.82 Å². The lowest BCUT2D eigenvalue weighted by Crippen LogP contribution is -2.33. The highest BCUT2D eigenvalue weighted by atomic mass is 19.2. The summed E-state index contributed by atoms with van der Waals surface area (Å²) in [5.74, 6) is -1.91. The van der Waals surface area contributed by atoms with Crippen LogP contribution in [-0.2, 0) is 4.74 Å². The lowest BCUT2D eigenvalue weighted by molar-refractivity contribution is 0.168. The Bertz CT molecular complexity index is 347. The predicted molar refractivity (Wildman–Crippen MR) is 61.2 cm³/mol. The van der Waals surface area contributed by atoms with Gasteiger partial charge in [-0.15, -0.1) is 0 Å². The van der Waals surface area contributed by atoms with E-state index in [1.807, 2.05) is 6.92 Å². The number of ether oxygens (including phenoxy) is 2. The van der Waals surface area contributed by atoms with Crippen molar-refractivity contribution in [3.8, 4) is 5.75 Å². The molecule has 1 N–H and O–H groups in total. The minimum Gasteiger partial charge on any atom is -0.489 e. The van der Waals surface area contributed by atoms with Gasteiger partial charge in [0.05, 0.1) is 6.61 Å². The molecule has 0 saturated carbocycles. The Morgan fingerprint density at radius 3 is 2.82 bits per heavy atom. The summed E-state index contributed by atoms with van der Waals surface area (Å²) in [7, 11) is 1.62. The van der Waals surface area contributed by atoms with E-state index in [1.165, 1.54) is 12.1 Å². The van der Waals surface area contributed by atoms with Crippen LogP contribution < -0.4 is 10.1 Å². The van der Waals surface area contributed by atoms with Gasteiger partial charge in [-0.2, -0.15) is 4.39 Å². The van der Waals surface area contributed by atoms with Crippen molar-refractivity contribution in [2.45, 2.75) is 13.0 Å². The van der Waals surface area contributed by atoms with Crippen molar-refractivity contribution in [2.75, 3.05) is 26.9 Å². The van der Waals surface area contributed by atoms with Crippen molar-refractivity contribution in [3.63, 3.8) is 0 Å². The standard InChI is InChI=1S/C12H17F2NO2/c1-9(8-16-2)15-6-7-17-11-5-3-4-10(13)12(11)14/h3-5,9,15H,6-8H2,1-2H3. The van der Waals surface area contributed by atoms with Gasteiger partial charge in [0.1, 0.15) is 6.61 Å². The Kier molecular flexibility index (Phi) is 5.86. The van der Waals surface area contributed by atoms with Crippen molar-refractivity contribution in [1.29, 1.82) is 0 Å². The Balaban J connectivity index is 2.29. The Morgan fingerprint density at radius 2 is 2.12 bits per heavy atom. The smallest absolute Gasteiger partial charge is 0.200 e. The fourth-order valence-corrected chi connectivity index (χ4v) is 1.37. The average molecular weight is 245 g/mol. The molecule has 96 valence electrons. The number of methoxy groups -OCH3 is 1. The third-order valence-electron chi connectivity index (χ3n) is 2.19. The van der Waals surface area contributed by atoms with Crippen molar-refractivity contribution in [2.24, 2.45) is 0 Å². The molecular formula is C12H17F2NO2. The topological polar surface area (TPSA) is 30.5 Å². The van der Waals surface area contributed by atoms with Gasteiger partial charge in [-0.1, -0.05) is 6.07 Å². The van der Waals surface area contributed by atoms with E-state index in [-0.39, 0.29) is 18.4 Å². The summed E-state index contributed by atoms with van der Waals surface area (Å²) in [6, 6.07) is 4.06. The van der Waals surface area contributed by atoms with Gasteiger partial charge in [0.25, 0.3) is 0 Å². The van der Waals surface area contributed by atoms with E-state index in [2.05, 4.69) is 5.32 Å². The monoisotopic (exact) mass is 245 g/mol. The van der Waals surface area contributed by atoms with E-state index in [0.29, 0.717) is 13.2 Å². The molecule has 0 spiro atoms. The first-order valence-electron chi connectivity index (χ1n) is 5.44. The molecule has 1 aromatic rings. The molecule has 0 aliphatic carbocycles. The van der Waals surface area contributed by atoms with E-state index in [0.717, 1.165) is 6.07 Å². The minimum atomic E-state index is -0.947. The van der Waals surface area contributed by atoms with Crippen LogP contribution in [0.1, 0.15) is 6.92 Å². The molecule has 1 rings (SSSR count). The molecule has 17 heavy (non-hydrogen) atoms. The van der Waals surface area contributed by atoms with E-state index < -0.39 is 11.6 Å². The van der Waals surface area contributed by atoms with Crippen LogP contribution in [0.4, 0.5) is 8.78 Å². The highest BCUT2D eigenvalue weighted by Gasteiger charge is 2.08. The number of rotatable bonds is 7. The largest absolute Gasteiger partial charge is 0.489 e. The van der Waals surface area contributed by atoms with E-state index >= 15 is 0 Å². The molecule has 3 nitrogen and oxygen atoms in total. The SMILES string of the molecule is COCC(C)NCCOc1cccc(F)c1F. The lowest BCUT2D eigenvalue weighted by atomic mass is 10.3. The van der Waals surface area contributed by atoms with E-state index in [4.69, 9.17) is 9.47 Å². The van der Waals surface area contributed by atoms with E-state index in [9.17, 15) is 8.78 Å². The van der Waals surface area contributed by atoms with Crippen molar-refractivity contribution in [3.05, 3.63) is 29.8 Å². The van der Waals surface area contributed by atoms with Crippen LogP contribution in [0, 0.1) is 11.6 Å². The molecule has 0 aromatic heterocycles. The minimum absolute atomic E-state index is 0.0637. The van der Waals surface area contributed by atoms with Gasteiger partial charge in [0, 0.05) is 19.7 Å². The number of hydrogen-bond donors (Lipinski definition) is 1. The van der Waals surface area contributed by atoms with Crippen molar-refractivity contribution < 1.29 is 18.3 Å². The molecule has 0 saturated heterocycles. The first-order chi connectivity index (χ1) is 8.15. The third-order valence-corrected chi connectivity index (χ3v) is 2.19. The molecule has 0 bridgehead atoms. The highest BCUT2D eigenvalue weighted by Crippen LogP contribution is 2.18. The summed E-state index contributed by atoms with van der Waals surface area (Å²) < 4.78 is 36.1. The molecular weight excluding hydrogens is 228 g/mol. The molecule has 1 unspecified atom stereocenters. The average Bonchev–Trinajstić information content (AvgIpc) is 2.30. The Hall–Kier alpha value is -1.20. The zero-order valence-corrected chi connectivity index (χ0v) is 10.0.